The third-order valence-corrected chi connectivity index (χ3v) is 4.86. The van der Waals surface area contributed by atoms with Crippen molar-refractivity contribution in [2.24, 2.45) is 10.7 Å². The number of ether oxygens (including phenoxy) is 1. The lowest BCUT2D eigenvalue weighted by Crippen LogP contribution is -2.38. The Morgan fingerprint density at radius 3 is 2.52 bits per heavy atom. The minimum absolute atomic E-state index is 0.0285. The summed E-state index contributed by atoms with van der Waals surface area (Å²) < 4.78 is 45.3. The fourth-order valence-corrected chi connectivity index (χ4v) is 3.12. The van der Waals surface area contributed by atoms with E-state index in [-0.39, 0.29) is 23.3 Å². The Morgan fingerprint density at radius 1 is 1.26 bits per heavy atom. The molecule has 1 atom stereocenters. The van der Waals surface area contributed by atoms with E-state index in [4.69, 9.17) is 10.5 Å². The summed E-state index contributed by atoms with van der Waals surface area (Å²) in [5.74, 6) is 0.0285. The highest BCUT2D eigenvalue weighted by atomic mass is 19.4. The topological polar surface area (TPSA) is 96.9 Å². The summed E-state index contributed by atoms with van der Waals surface area (Å²) in [7, 11) is 0. The van der Waals surface area contributed by atoms with Gasteiger partial charge >= 0.3 is 12.3 Å². The number of allylic oxidation sites excluding steroid dienone is 1. The third-order valence-electron chi connectivity index (χ3n) is 4.86. The number of amides is 1. The smallest absolute Gasteiger partial charge is 0.433 e. The molecule has 8 nitrogen and oxygen atoms in total. The molecule has 31 heavy (non-hydrogen) atoms. The molecule has 0 radical (unpaired) electrons. The van der Waals surface area contributed by atoms with Crippen molar-refractivity contribution in [3.8, 4) is 0 Å². The van der Waals surface area contributed by atoms with Crippen molar-refractivity contribution in [2.75, 3.05) is 31.1 Å². The predicted molar refractivity (Wildman–Crippen MR) is 111 cm³/mol. The summed E-state index contributed by atoms with van der Waals surface area (Å²) in [4.78, 5) is 27.8. The molecule has 1 aromatic rings. The molecule has 0 saturated carbocycles. The lowest BCUT2D eigenvalue weighted by molar-refractivity contribution is -0.141. The third kappa shape index (κ3) is 5.86. The molecule has 170 valence electrons. The van der Waals surface area contributed by atoms with Crippen LogP contribution in [0.15, 0.2) is 17.3 Å². The number of nitrogens with two attached hydrogens (primary N) is 1. The Hall–Kier alpha value is -2.85. The number of alkyl halides is 3. The highest BCUT2D eigenvalue weighted by Crippen LogP contribution is 2.31. The Labute approximate surface area is 179 Å². The molecule has 1 unspecified atom stereocenters. The number of anilines is 1. The first-order chi connectivity index (χ1) is 14.5. The minimum atomic E-state index is -4.60. The number of hydrogen-bond donors (Lipinski definition) is 1. The van der Waals surface area contributed by atoms with Crippen LogP contribution >= 0.6 is 0 Å². The van der Waals surface area contributed by atoms with Crippen LogP contribution < -0.4 is 10.6 Å². The molecule has 2 saturated heterocycles. The first-order valence-electron chi connectivity index (χ1n) is 10.1. The Morgan fingerprint density at radius 2 is 1.97 bits per heavy atom. The Balaban J connectivity index is 1.74. The van der Waals surface area contributed by atoms with E-state index < -0.39 is 23.6 Å². The van der Waals surface area contributed by atoms with E-state index in [0.29, 0.717) is 32.6 Å². The van der Waals surface area contributed by atoms with Gasteiger partial charge in [-0.2, -0.15) is 13.2 Å². The first kappa shape index (κ1) is 22.8. The number of aliphatic imine (C=N–C) groups is 1. The summed E-state index contributed by atoms with van der Waals surface area (Å²) in [6.07, 6.45) is -0.939. The summed E-state index contributed by atoms with van der Waals surface area (Å²) >= 11 is 0. The first-order valence-corrected chi connectivity index (χ1v) is 10.1. The molecule has 3 heterocycles. The van der Waals surface area contributed by atoms with Gasteiger partial charge in [0.2, 0.25) is 5.95 Å². The molecular formula is C20H27F3N6O2. The van der Waals surface area contributed by atoms with E-state index in [1.165, 1.54) is 12.4 Å². The molecule has 2 fully saturated rings. The van der Waals surface area contributed by atoms with Crippen LogP contribution in [-0.2, 0) is 10.9 Å². The minimum Gasteiger partial charge on any atom is -0.444 e. The molecular weight excluding hydrogens is 413 g/mol. The van der Waals surface area contributed by atoms with Crippen molar-refractivity contribution in [3.05, 3.63) is 23.7 Å². The second-order valence-electron chi connectivity index (χ2n) is 8.55. The zero-order valence-electron chi connectivity index (χ0n) is 17.8. The molecule has 0 spiro atoms. The number of carbonyl (C=O) groups is 1. The van der Waals surface area contributed by atoms with E-state index in [0.717, 1.165) is 12.5 Å². The van der Waals surface area contributed by atoms with Crippen LogP contribution in [0, 0.1) is 0 Å². The molecule has 1 amide bonds. The van der Waals surface area contributed by atoms with Crippen molar-refractivity contribution >= 4 is 23.8 Å². The summed E-state index contributed by atoms with van der Waals surface area (Å²) in [6, 6.07) is 0.664. The maximum atomic E-state index is 13.3. The van der Waals surface area contributed by atoms with E-state index in [1.54, 1.807) is 30.6 Å². The molecule has 2 aliphatic heterocycles. The zero-order valence-corrected chi connectivity index (χ0v) is 17.8. The van der Waals surface area contributed by atoms with E-state index in [2.05, 4.69) is 15.0 Å². The van der Waals surface area contributed by atoms with Crippen molar-refractivity contribution in [2.45, 2.75) is 51.4 Å². The standard InChI is InChI=1S/C20H27F3N6O2/c1-19(2,3)31-18(30)29-8-5-14(12-29)25-11-13(10-24)15-9-16(20(21,22)23)27-17(26-15)28-6-4-7-28/h9-11,14H,4-8,12,24H2,1-3H3. The van der Waals surface area contributed by atoms with Gasteiger partial charge in [-0.15, -0.1) is 0 Å². The lowest BCUT2D eigenvalue weighted by Gasteiger charge is -2.31. The zero-order chi connectivity index (χ0) is 22.8. The molecule has 3 rings (SSSR count). The molecule has 1 aromatic heterocycles. The van der Waals surface area contributed by atoms with E-state index in [9.17, 15) is 18.0 Å². The lowest BCUT2D eigenvalue weighted by atomic mass is 10.1. The summed E-state index contributed by atoms with van der Waals surface area (Å²) in [5.41, 5.74) is 4.37. The predicted octanol–water partition coefficient (Wildman–Crippen LogP) is 3.09. The van der Waals surface area contributed by atoms with E-state index >= 15 is 0 Å². The van der Waals surface area contributed by atoms with Gasteiger partial charge in [0.1, 0.15) is 5.60 Å². The normalized spacial score (nSPS) is 20.3. The second-order valence-corrected chi connectivity index (χ2v) is 8.55. The second kappa shape index (κ2) is 8.72. The fourth-order valence-electron chi connectivity index (χ4n) is 3.12. The van der Waals surface area contributed by atoms with Gasteiger partial charge < -0.3 is 20.3 Å². The average Bonchev–Trinajstić information content (AvgIpc) is 3.08. The van der Waals surface area contributed by atoms with Gasteiger partial charge in [0, 0.05) is 44.2 Å². The SMILES string of the molecule is CC(C)(C)OC(=O)N1CCC(N=CC(=CN)c2cc(C(F)(F)F)nc(N3CCC3)n2)C1. The van der Waals surface area contributed by atoms with Gasteiger partial charge in [-0.1, -0.05) is 0 Å². The number of rotatable bonds is 4. The van der Waals surface area contributed by atoms with Gasteiger partial charge in [-0.25, -0.2) is 14.8 Å². The molecule has 0 aliphatic carbocycles. The van der Waals surface area contributed by atoms with Gasteiger partial charge in [0.15, 0.2) is 5.69 Å². The van der Waals surface area contributed by atoms with Crippen molar-refractivity contribution in [1.82, 2.24) is 14.9 Å². The van der Waals surface area contributed by atoms with Crippen LogP contribution in [0.25, 0.3) is 5.57 Å². The van der Waals surface area contributed by atoms with Crippen LogP contribution in [-0.4, -0.2) is 65.0 Å². The quantitative estimate of drug-likeness (QED) is 0.723. The van der Waals surface area contributed by atoms with Crippen LogP contribution in [0.4, 0.5) is 23.9 Å². The molecule has 2 N–H and O–H groups in total. The molecule has 0 bridgehead atoms. The number of carbonyl (C=O) groups excluding carboxylic acids is 1. The van der Waals surface area contributed by atoms with Gasteiger partial charge in [0.05, 0.1) is 11.7 Å². The van der Waals surface area contributed by atoms with Crippen molar-refractivity contribution < 1.29 is 22.7 Å². The Kier molecular flexibility index (Phi) is 6.42. The maximum absolute atomic E-state index is 13.3. The number of halogens is 3. The van der Waals surface area contributed by atoms with Crippen LogP contribution in [0.5, 0.6) is 0 Å². The number of hydrogen-bond acceptors (Lipinski definition) is 7. The number of likely N-dealkylation sites (tertiary alicyclic amines) is 1. The van der Waals surface area contributed by atoms with E-state index in [1.807, 2.05) is 0 Å². The Bertz CT molecular complexity index is 875. The fraction of sp³-hybridized carbons (Fsp3) is 0.600. The van der Waals surface area contributed by atoms with Crippen LogP contribution in [0.3, 0.4) is 0 Å². The molecule has 0 aromatic carbocycles. The monoisotopic (exact) mass is 440 g/mol. The molecule has 2 aliphatic rings. The van der Waals surface area contributed by atoms with Crippen molar-refractivity contribution in [3.63, 3.8) is 0 Å². The maximum Gasteiger partial charge on any atom is 0.433 e. The summed E-state index contributed by atoms with van der Waals surface area (Å²) in [5, 5.41) is 0. The molecule has 11 heteroatoms. The number of nitrogens with zero attached hydrogens (tertiary/aromatic N) is 5. The van der Waals surface area contributed by atoms with Crippen LogP contribution in [0.2, 0.25) is 0 Å². The summed E-state index contributed by atoms with van der Waals surface area (Å²) in [6.45, 7) is 7.45. The van der Waals surface area contributed by atoms with Gasteiger partial charge in [0.25, 0.3) is 0 Å². The highest BCUT2D eigenvalue weighted by Gasteiger charge is 2.35. The van der Waals surface area contributed by atoms with Gasteiger partial charge in [-0.05, 0) is 39.7 Å². The highest BCUT2D eigenvalue weighted by molar-refractivity contribution is 6.09. The average molecular weight is 440 g/mol. The van der Waals surface area contributed by atoms with Crippen molar-refractivity contribution in [1.29, 1.82) is 0 Å². The number of aromatic nitrogens is 2. The largest absolute Gasteiger partial charge is 0.444 e. The van der Waals surface area contributed by atoms with Crippen LogP contribution in [0.1, 0.15) is 45.0 Å². The van der Waals surface area contributed by atoms with Gasteiger partial charge in [-0.3, -0.25) is 4.99 Å².